The van der Waals surface area contributed by atoms with Gasteiger partial charge in [-0.15, -0.1) is 0 Å². The molecule has 2 N–H and O–H groups in total. The second kappa shape index (κ2) is 11.4. The fourth-order valence-corrected chi connectivity index (χ4v) is 4.90. The molecule has 11 nitrogen and oxygen atoms in total. The molecule has 0 unspecified atom stereocenters. The minimum atomic E-state index is -0.861. The number of hydrogen-bond donors (Lipinski definition) is 2. The third-order valence-electron chi connectivity index (χ3n) is 6.51. The summed E-state index contributed by atoms with van der Waals surface area (Å²) in [6.45, 7) is 10.6. The largest absolute Gasteiger partial charge is 0.457 e. The maximum Gasteiger partial charge on any atom is 0.410 e. The van der Waals surface area contributed by atoms with Crippen molar-refractivity contribution in [1.82, 2.24) is 15.1 Å². The first kappa shape index (κ1) is 27.0. The maximum atomic E-state index is 12.9. The van der Waals surface area contributed by atoms with Gasteiger partial charge in [0.1, 0.15) is 25.0 Å². The quantitative estimate of drug-likeness (QED) is 0.210. The Morgan fingerprint density at radius 1 is 1.22 bits per heavy atom. The standard InChI is InChI=1S/C25H33N3O8/c1-6-8-34-23(31)21-18(12-19-20(15(4)29)22(30)28(19)21)14(3)10-16-11-17(36-24(32)26-5)13-27(16)25(33)35-9-7-2/h6-7,10,15-17,19-20,29H,1-2,8-9,11-13H2,3-5H3,(H,26,32)/t15-,16-,17-,19-,20-/m1/s1. The number of hydrogen-bond acceptors (Lipinski definition) is 8. The summed E-state index contributed by atoms with van der Waals surface area (Å²) in [7, 11) is 1.44. The van der Waals surface area contributed by atoms with E-state index in [9.17, 15) is 24.3 Å². The van der Waals surface area contributed by atoms with Crippen molar-refractivity contribution in [1.29, 1.82) is 0 Å². The van der Waals surface area contributed by atoms with Crippen LogP contribution in [-0.2, 0) is 23.8 Å². The average molecular weight is 504 g/mol. The average Bonchev–Trinajstić information content (AvgIpc) is 3.39. The van der Waals surface area contributed by atoms with Crippen molar-refractivity contribution < 1.29 is 38.5 Å². The van der Waals surface area contributed by atoms with Crippen LogP contribution in [-0.4, -0.2) is 90.1 Å². The number of aliphatic hydroxyl groups is 1. The molecule has 3 rings (SSSR count). The predicted molar refractivity (Wildman–Crippen MR) is 128 cm³/mol. The van der Waals surface area contributed by atoms with E-state index in [0.717, 1.165) is 0 Å². The molecule has 2 saturated heterocycles. The van der Waals surface area contributed by atoms with Gasteiger partial charge >= 0.3 is 18.2 Å². The van der Waals surface area contributed by atoms with E-state index in [1.165, 1.54) is 29.0 Å². The number of amides is 3. The van der Waals surface area contributed by atoms with Crippen LogP contribution < -0.4 is 5.32 Å². The third kappa shape index (κ3) is 5.30. The summed E-state index contributed by atoms with van der Waals surface area (Å²) in [5.41, 5.74) is 1.40. The van der Waals surface area contributed by atoms with Crippen LogP contribution in [0.25, 0.3) is 0 Å². The van der Waals surface area contributed by atoms with Crippen molar-refractivity contribution in [2.75, 3.05) is 26.8 Å². The van der Waals surface area contributed by atoms with Crippen molar-refractivity contribution in [3.8, 4) is 0 Å². The van der Waals surface area contributed by atoms with E-state index in [4.69, 9.17) is 14.2 Å². The van der Waals surface area contributed by atoms with Crippen LogP contribution in [0.15, 0.2) is 48.2 Å². The topological polar surface area (TPSA) is 135 Å². The van der Waals surface area contributed by atoms with Gasteiger partial charge in [0, 0.05) is 13.5 Å². The van der Waals surface area contributed by atoms with E-state index in [-0.39, 0.29) is 37.4 Å². The number of nitrogens with one attached hydrogen (secondary N) is 1. The normalized spacial score (nSPS) is 26.1. The number of nitrogens with zero attached hydrogens (tertiary/aromatic N) is 2. The number of carbonyl (C=O) groups is 4. The van der Waals surface area contributed by atoms with Crippen LogP contribution in [0.1, 0.15) is 26.7 Å². The van der Waals surface area contributed by atoms with Gasteiger partial charge in [-0.3, -0.25) is 9.69 Å². The van der Waals surface area contributed by atoms with E-state index < -0.39 is 42.3 Å². The van der Waals surface area contributed by atoms with Gasteiger partial charge in [0.25, 0.3) is 0 Å². The molecule has 0 aromatic heterocycles. The third-order valence-corrected chi connectivity index (χ3v) is 6.51. The highest BCUT2D eigenvalue weighted by Gasteiger charge is 2.57. The molecule has 3 heterocycles. The monoisotopic (exact) mass is 503 g/mol. The maximum absolute atomic E-state index is 12.9. The highest BCUT2D eigenvalue weighted by Crippen LogP contribution is 2.46. The Labute approximate surface area is 210 Å². The van der Waals surface area contributed by atoms with Crippen molar-refractivity contribution in [2.45, 2.75) is 51.0 Å². The van der Waals surface area contributed by atoms with Crippen LogP contribution in [0, 0.1) is 5.92 Å². The molecule has 0 aromatic carbocycles. The van der Waals surface area contributed by atoms with Gasteiger partial charge in [-0.2, -0.15) is 0 Å². The van der Waals surface area contributed by atoms with Crippen molar-refractivity contribution >= 4 is 24.1 Å². The fraction of sp³-hybridized carbons (Fsp3) is 0.520. The predicted octanol–water partition coefficient (Wildman–Crippen LogP) is 1.65. The summed E-state index contributed by atoms with van der Waals surface area (Å²) in [5.74, 6) is -1.61. The van der Waals surface area contributed by atoms with Gasteiger partial charge in [-0.25, -0.2) is 14.4 Å². The lowest BCUT2D eigenvalue weighted by molar-refractivity contribution is -0.162. The smallest absolute Gasteiger partial charge is 0.410 e. The molecule has 0 aliphatic carbocycles. The first-order valence-corrected chi connectivity index (χ1v) is 11.8. The van der Waals surface area contributed by atoms with E-state index in [1.54, 1.807) is 19.9 Å². The van der Waals surface area contributed by atoms with E-state index in [2.05, 4.69) is 18.5 Å². The summed E-state index contributed by atoms with van der Waals surface area (Å²) < 4.78 is 15.8. The van der Waals surface area contributed by atoms with E-state index in [1.807, 2.05) is 0 Å². The molecule has 5 atom stereocenters. The van der Waals surface area contributed by atoms with Crippen LogP contribution >= 0.6 is 0 Å². The summed E-state index contributed by atoms with van der Waals surface area (Å²) >= 11 is 0. The zero-order chi connectivity index (χ0) is 26.6. The SMILES string of the molecule is C=CCOC(=O)C1=C(C(C)=C[C@@H]2C[C@@H](OC(=O)NC)CN2C(=O)OCC=C)C[C@@H]2[C@@H]([C@@H](C)O)C(=O)N12. The molecule has 0 spiro atoms. The Morgan fingerprint density at radius 2 is 1.89 bits per heavy atom. The molecule has 3 amide bonds. The van der Waals surface area contributed by atoms with E-state index >= 15 is 0 Å². The molecule has 36 heavy (non-hydrogen) atoms. The Balaban J connectivity index is 1.92. The molecule has 2 fully saturated rings. The molecular formula is C25H33N3O8. The minimum absolute atomic E-state index is 0.0189. The van der Waals surface area contributed by atoms with Gasteiger partial charge in [0.15, 0.2) is 0 Å². The second-order valence-electron chi connectivity index (χ2n) is 8.91. The Morgan fingerprint density at radius 3 is 2.50 bits per heavy atom. The zero-order valence-corrected chi connectivity index (χ0v) is 20.8. The number of ether oxygens (including phenoxy) is 3. The van der Waals surface area contributed by atoms with Gasteiger partial charge in [0.05, 0.1) is 30.7 Å². The first-order chi connectivity index (χ1) is 17.1. The number of esters is 1. The van der Waals surface area contributed by atoms with Crippen molar-refractivity contribution in [3.05, 3.63) is 48.2 Å². The Kier molecular flexibility index (Phi) is 8.57. The number of likely N-dealkylation sites (tertiary alicyclic amines) is 1. The van der Waals surface area contributed by atoms with Crippen LogP contribution in [0.3, 0.4) is 0 Å². The minimum Gasteiger partial charge on any atom is -0.457 e. The number of carbonyl (C=O) groups excluding carboxylic acids is 4. The number of alkyl carbamates (subject to hydrolysis) is 1. The number of aliphatic hydroxyl groups excluding tert-OH is 1. The van der Waals surface area contributed by atoms with E-state index in [0.29, 0.717) is 24.0 Å². The van der Waals surface area contributed by atoms with Crippen LogP contribution in [0.4, 0.5) is 9.59 Å². The van der Waals surface area contributed by atoms with Gasteiger partial charge in [0.2, 0.25) is 5.91 Å². The summed E-state index contributed by atoms with van der Waals surface area (Å²) in [6.07, 6.45) is 2.73. The molecule has 0 aromatic rings. The summed E-state index contributed by atoms with van der Waals surface area (Å²) in [4.78, 5) is 52.9. The highest BCUT2D eigenvalue weighted by atomic mass is 16.6. The molecule has 3 aliphatic rings. The lowest BCUT2D eigenvalue weighted by Gasteiger charge is -2.44. The number of fused-ring (bicyclic) bond motifs is 1. The molecular weight excluding hydrogens is 470 g/mol. The Bertz CT molecular complexity index is 1000. The number of rotatable bonds is 9. The first-order valence-electron chi connectivity index (χ1n) is 11.8. The molecule has 11 heteroatoms. The highest BCUT2D eigenvalue weighted by molar-refractivity contribution is 6.01. The van der Waals surface area contributed by atoms with Gasteiger partial charge < -0.3 is 29.5 Å². The zero-order valence-electron chi connectivity index (χ0n) is 20.8. The fourth-order valence-electron chi connectivity index (χ4n) is 4.90. The van der Waals surface area contributed by atoms with Gasteiger partial charge in [-0.1, -0.05) is 31.4 Å². The molecule has 0 bridgehead atoms. The van der Waals surface area contributed by atoms with Crippen molar-refractivity contribution in [3.63, 3.8) is 0 Å². The van der Waals surface area contributed by atoms with Crippen molar-refractivity contribution in [2.24, 2.45) is 5.92 Å². The number of β-lactam (4-membered cyclic amide) rings is 1. The molecule has 196 valence electrons. The van der Waals surface area contributed by atoms with Gasteiger partial charge in [-0.05, 0) is 31.4 Å². The van der Waals surface area contributed by atoms with Crippen LogP contribution in [0.5, 0.6) is 0 Å². The lowest BCUT2D eigenvalue weighted by atomic mass is 9.82. The molecule has 0 saturated carbocycles. The summed E-state index contributed by atoms with van der Waals surface area (Å²) in [5, 5.41) is 12.5. The Hall–Kier alpha value is -3.60. The summed E-state index contributed by atoms with van der Waals surface area (Å²) in [6, 6.07) is -0.852. The molecule has 0 radical (unpaired) electrons. The van der Waals surface area contributed by atoms with Crippen LogP contribution in [0.2, 0.25) is 0 Å². The second-order valence-corrected chi connectivity index (χ2v) is 8.91. The number of allylic oxidation sites excluding steroid dienone is 1. The lowest BCUT2D eigenvalue weighted by Crippen LogP contribution is -2.61. The molecule has 3 aliphatic heterocycles.